The molecule has 0 spiro atoms. The van der Waals surface area contributed by atoms with Crippen molar-refractivity contribution >= 4 is 6.08 Å². The second kappa shape index (κ2) is 7.41. The molecule has 5 rings (SSSR count). The topological polar surface area (TPSA) is 50.9 Å². The predicted molar refractivity (Wildman–Crippen MR) is 119 cm³/mol. The fourth-order valence-corrected chi connectivity index (χ4v) is 5.68. The van der Waals surface area contributed by atoms with Gasteiger partial charge in [-0.2, -0.15) is 5.10 Å². The summed E-state index contributed by atoms with van der Waals surface area (Å²) in [6, 6.07) is 10.5. The van der Waals surface area contributed by atoms with Crippen LogP contribution in [0.15, 0.2) is 54.4 Å². The summed E-state index contributed by atoms with van der Waals surface area (Å²) in [5.41, 5.74) is 5.57. The van der Waals surface area contributed by atoms with Crippen LogP contribution in [-0.2, 0) is 12.8 Å². The molecule has 1 aromatic carbocycles. The molecule has 2 aromatic heterocycles. The lowest BCUT2D eigenvalue weighted by Crippen LogP contribution is -2.47. The highest BCUT2D eigenvalue weighted by molar-refractivity contribution is 5.63. The van der Waals surface area contributed by atoms with Crippen LogP contribution in [0.2, 0.25) is 0 Å². The Morgan fingerprint density at radius 2 is 2.00 bits per heavy atom. The Bertz CT molecular complexity index is 1150. The standard InChI is InChI=1S/C26H28FN3O/c1-3-25-16-19-17-29-30(23-6-4-21(27)5-7-23)24(19)15-20(25)8-11-26(25,31)12-9-22-14-18(2)10-13-28-22/h4-7,10,13-15,17,31H,3,8-9,11-12,16H2,1-2H3/t25-,26+/m0/s1. The van der Waals surface area contributed by atoms with Crippen LogP contribution in [0.4, 0.5) is 4.39 Å². The SMILES string of the molecule is CC[C@]12Cc3cnn(-c4ccc(F)cc4)c3C=C1CC[C@@]2(O)CCc1cc(C)ccn1. The third kappa shape index (κ3) is 3.23. The third-order valence-electron chi connectivity index (χ3n) is 7.44. The van der Waals surface area contributed by atoms with Crippen LogP contribution in [0.3, 0.4) is 0 Å². The van der Waals surface area contributed by atoms with Crippen LogP contribution in [-0.4, -0.2) is 25.5 Å². The van der Waals surface area contributed by atoms with Crippen molar-refractivity contribution in [3.8, 4) is 5.69 Å². The molecule has 0 amide bonds. The Labute approximate surface area is 182 Å². The maximum Gasteiger partial charge on any atom is 0.123 e. The molecule has 0 saturated heterocycles. The summed E-state index contributed by atoms with van der Waals surface area (Å²) >= 11 is 0. The zero-order valence-electron chi connectivity index (χ0n) is 18.1. The molecule has 31 heavy (non-hydrogen) atoms. The second-order valence-electron chi connectivity index (χ2n) is 9.08. The number of halogens is 1. The molecule has 5 heteroatoms. The van der Waals surface area contributed by atoms with Crippen molar-refractivity contribution in [2.75, 3.05) is 0 Å². The molecule has 1 fully saturated rings. The van der Waals surface area contributed by atoms with Crippen LogP contribution >= 0.6 is 0 Å². The van der Waals surface area contributed by atoms with Crippen LogP contribution < -0.4 is 0 Å². The van der Waals surface area contributed by atoms with Crippen LogP contribution in [0.25, 0.3) is 11.8 Å². The van der Waals surface area contributed by atoms with E-state index in [0.29, 0.717) is 6.42 Å². The van der Waals surface area contributed by atoms with E-state index in [1.54, 1.807) is 12.1 Å². The molecular formula is C26H28FN3O. The van der Waals surface area contributed by atoms with Crippen LogP contribution in [0.5, 0.6) is 0 Å². The highest BCUT2D eigenvalue weighted by Gasteiger charge is 2.56. The quantitative estimate of drug-likeness (QED) is 0.620. The zero-order valence-corrected chi connectivity index (χ0v) is 18.1. The van der Waals surface area contributed by atoms with Gasteiger partial charge in [-0.05, 0) is 99.0 Å². The normalized spacial score (nSPS) is 24.6. The molecular weight excluding hydrogens is 389 g/mol. The average Bonchev–Trinajstić information content (AvgIpc) is 3.30. The smallest absolute Gasteiger partial charge is 0.123 e. The van der Waals surface area contributed by atoms with Crippen molar-refractivity contribution in [1.29, 1.82) is 0 Å². The molecule has 160 valence electrons. The molecule has 0 radical (unpaired) electrons. The van der Waals surface area contributed by atoms with Crippen molar-refractivity contribution < 1.29 is 9.50 Å². The van der Waals surface area contributed by atoms with Gasteiger partial charge in [0, 0.05) is 17.3 Å². The summed E-state index contributed by atoms with van der Waals surface area (Å²) in [6.45, 7) is 4.26. The van der Waals surface area contributed by atoms with E-state index < -0.39 is 5.60 Å². The van der Waals surface area contributed by atoms with Gasteiger partial charge in [0.25, 0.3) is 0 Å². The molecule has 2 atom stereocenters. The minimum absolute atomic E-state index is 0.253. The molecule has 0 unspecified atom stereocenters. The fraction of sp³-hybridized carbons (Fsp3) is 0.385. The maximum absolute atomic E-state index is 13.4. The number of aromatic nitrogens is 3. The van der Waals surface area contributed by atoms with E-state index in [2.05, 4.69) is 36.1 Å². The maximum atomic E-state index is 13.4. The number of fused-ring (bicyclic) bond motifs is 2. The Balaban J connectivity index is 1.47. The van der Waals surface area contributed by atoms with E-state index in [1.807, 2.05) is 23.1 Å². The fourth-order valence-electron chi connectivity index (χ4n) is 5.68. The van der Waals surface area contributed by atoms with E-state index >= 15 is 0 Å². The highest BCUT2D eigenvalue weighted by Crippen LogP contribution is 2.58. The highest BCUT2D eigenvalue weighted by atomic mass is 19.1. The lowest BCUT2D eigenvalue weighted by Gasteiger charge is -2.45. The van der Waals surface area contributed by atoms with Crippen molar-refractivity contribution in [2.45, 2.75) is 58.0 Å². The largest absolute Gasteiger partial charge is 0.389 e. The first-order valence-corrected chi connectivity index (χ1v) is 11.1. The second-order valence-corrected chi connectivity index (χ2v) is 9.08. The van der Waals surface area contributed by atoms with Gasteiger partial charge in [-0.3, -0.25) is 4.98 Å². The molecule has 4 nitrogen and oxygen atoms in total. The van der Waals surface area contributed by atoms with Gasteiger partial charge in [-0.25, -0.2) is 9.07 Å². The first-order chi connectivity index (χ1) is 14.9. The molecule has 0 aliphatic heterocycles. The number of rotatable bonds is 5. The Morgan fingerprint density at radius 1 is 1.19 bits per heavy atom. The number of hydrogen-bond acceptors (Lipinski definition) is 3. The summed E-state index contributed by atoms with van der Waals surface area (Å²) in [4.78, 5) is 4.50. The van der Waals surface area contributed by atoms with Crippen LogP contribution in [0.1, 0.15) is 55.1 Å². The number of benzene rings is 1. The number of aryl methyl sites for hydroxylation is 2. The van der Waals surface area contributed by atoms with Crippen LogP contribution in [0, 0.1) is 18.2 Å². The van der Waals surface area contributed by atoms with Gasteiger partial charge in [0.05, 0.1) is 23.2 Å². The molecule has 3 aromatic rings. The Morgan fingerprint density at radius 3 is 2.74 bits per heavy atom. The minimum atomic E-state index is -0.755. The summed E-state index contributed by atoms with van der Waals surface area (Å²) in [7, 11) is 0. The number of nitrogens with zero attached hydrogens (tertiary/aromatic N) is 3. The summed E-state index contributed by atoms with van der Waals surface area (Å²) in [5, 5.41) is 16.5. The summed E-state index contributed by atoms with van der Waals surface area (Å²) in [6.07, 6.45) is 10.8. The summed E-state index contributed by atoms with van der Waals surface area (Å²) < 4.78 is 15.3. The zero-order chi connectivity index (χ0) is 21.6. The van der Waals surface area contributed by atoms with Gasteiger partial charge in [-0.15, -0.1) is 0 Å². The lowest BCUT2D eigenvalue weighted by molar-refractivity contribution is -0.0570. The lowest BCUT2D eigenvalue weighted by atomic mass is 9.63. The monoisotopic (exact) mass is 417 g/mol. The molecule has 0 bridgehead atoms. The van der Waals surface area contributed by atoms with Gasteiger partial charge >= 0.3 is 0 Å². The molecule has 1 saturated carbocycles. The third-order valence-corrected chi connectivity index (χ3v) is 7.44. The van der Waals surface area contributed by atoms with Gasteiger partial charge < -0.3 is 5.11 Å². The van der Waals surface area contributed by atoms with E-state index in [0.717, 1.165) is 54.7 Å². The van der Waals surface area contributed by atoms with Gasteiger partial charge in [0.1, 0.15) is 5.82 Å². The molecule has 1 N–H and O–H groups in total. The summed E-state index contributed by atoms with van der Waals surface area (Å²) in [5.74, 6) is -0.253. The van der Waals surface area contributed by atoms with E-state index in [1.165, 1.54) is 23.3 Å². The minimum Gasteiger partial charge on any atom is -0.389 e. The number of aliphatic hydroxyl groups is 1. The van der Waals surface area contributed by atoms with Crippen molar-refractivity contribution in [3.05, 3.63) is 82.7 Å². The predicted octanol–water partition coefficient (Wildman–Crippen LogP) is 5.21. The van der Waals surface area contributed by atoms with Gasteiger partial charge in [0.2, 0.25) is 0 Å². The van der Waals surface area contributed by atoms with Crippen molar-refractivity contribution in [3.63, 3.8) is 0 Å². The first kappa shape index (κ1) is 20.1. The van der Waals surface area contributed by atoms with Gasteiger partial charge in [-0.1, -0.05) is 12.5 Å². The van der Waals surface area contributed by atoms with E-state index in [4.69, 9.17) is 0 Å². The first-order valence-electron chi connectivity index (χ1n) is 11.1. The van der Waals surface area contributed by atoms with Crippen molar-refractivity contribution in [2.24, 2.45) is 5.41 Å². The average molecular weight is 418 g/mol. The van der Waals surface area contributed by atoms with Crippen molar-refractivity contribution in [1.82, 2.24) is 14.8 Å². The molecule has 2 aliphatic rings. The molecule has 2 heterocycles. The number of pyridine rings is 1. The van der Waals surface area contributed by atoms with Gasteiger partial charge in [0.15, 0.2) is 0 Å². The Hall–Kier alpha value is -2.79. The van der Waals surface area contributed by atoms with E-state index in [9.17, 15) is 9.50 Å². The van der Waals surface area contributed by atoms with E-state index in [-0.39, 0.29) is 11.2 Å². The number of hydrogen-bond donors (Lipinski definition) is 1. The Kier molecular flexibility index (Phi) is 4.82. The molecule has 2 aliphatic carbocycles.